The summed E-state index contributed by atoms with van der Waals surface area (Å²) >= 11 is 1.18. The Bertz CT molecular complexity index is 1320. The zero-order chi connectivity index (χ0) is 24.0. The van der Waals surface area contributed by atoms with Gasteiger partial charge in [-0.05, 0) is 29.7 Å². The second kappa shape index (κ2) is 8.60. The van der Waals surface area contributed by atoms with Crippen molar-refractivity contribution in [3.05, 3.63) is 58.5 Å². The van der Waals surface area contributed by atoms with Crippen LogP contribution in [-0.4, -0.2) is 45.4 Å². The van der Waals surface area contributed by atoms with Crippen LogP contribution in [0.3, 0.4) is 0 Å². The van der Waals surface area contributed by atoms with Crippen molar-refractivity contribution in [3.63, 3.8) is 0 Å². The van der Waals surface area contributed by atoms with Crippen LogP contribution in [0, 0.1) is 0 Å². The Labute approximate surface area is 191 Å². The van der Waals surface area contributed by atoms with E-state index in [2.05, 4.69) is 0 Å². The third-order valence-corrected chi connectivity index (χ3v) is 8.39. The highest BCUT2D eigenvalue weighted by Gasteiger charge is 2.38. The number of hydrogen-bond donors (Lipinski definition) is 1. The molecule has 0 saturated carbocycles. The SMILES string of the molecule is COc1ccc(S(=O)(=O)N2CCOC(c3c(C(N)=O)sc4ccccc34)C2)cc1C(F)(F)F. The van der Waals surface area contributed by atoms with Crippen LogP contribution < -0.4 is 10.5 Å². The van der Waals surface area contributed by atoms with Crippen LogP contribution in [-0.2, 0) is 20.9 Å². The molecule has 1 atom stereocenters. The fourth-order valence-electron chi connectivity index (χ4n) is 3.80. The maximum Gasteiger partial charge on any atom is 0.420 e. The quantitative estimate of drug-likeness (QED) is 0.575. The lowest BCUT2D eigenvalue weighted by Gasteiger charge is -2.32. The van der Waals surface area contributed by atoms with Crippen molar-refractivity contribution in [1.82, 2.24) is 4.31 Å². The van der Waals surface area contributed by atoms with Gasteiger partial charge in [-0.3, -0.25) is 4.79 Å². The van der Waals surface area contributed by atoms with Gasteiger partial charge in [0.1, 0.15) is 5.75 Å². The molecule has 176 valence electrons. The maximum atomic E-state index is 13.4. The summed E-state index contributed by atoms with van der Waals surface area (Å²) in [5.41, 5.74) is 4.84. The molecule has 1 saturated heterocycles. The van der Waals surface area contributed by atoms with E-state index in [-0.39, 0.29) is 24.6 Å². The number of hydrogen-bond acceptors (Lipinski definition) is 6. The molecule has 4 rings (SSSR count). The molecule has 7 nitrogen and oxygen atoms in total. The van der Waals surface area contributed by atoms with Gasteiger partial charge >= 0.3 is 6.18 Å². The fourth-order valence-corrected chi connectivity index (χ4v) is 6.36. The highest BCUT2D eigenvalue weighted by atomic mass is 32.2. The molecule has 2 aromatic carbocycles. The Morgan fingerprint density at radius 2 is 1.97 bits per heavy atom. The predicted octanol–water partition coefficient (Wildman–Crippen LogP) is 3.79. The summed E-state index contributed by atoms with van der Waals surface area (Å²) in [4.78, 5) is 11.8. The van der Waals surface area contributed by atoms with E-state index < -0.39 is 44.4 Å². The Hall–Kier alpha value is -2.67. The van der Waals surface area contributed by atoms with Gasteiger partial charge < -0.3 is 15.2 Å². The van der Waals surface area contributed by atoms with Gasteiger partial charge in [0.05, 0.1) is 35.2 Å². The maximum absolute atomic E-state index is 13.4. The van der Waals surface area contributed by atoms with Gasteiger partial charge in [0, 0.05) is 23.4 Å². The number of carbonyl (C=O) groups excluding carboxylic acids is 1. The van der Waals surface area contributed by atoms with Crippen LogP contribution >= 0.6 is 11.3 Å². The molecule has 2 N–H and O–H groups in total. The minimum Gasteiger partial charge on any atom is -0.496 e. The number of primary amides is 1. The van der Waals surface area contributed by atoms with Crippen LogP contribution in [0.1, 0.15) is 26.9 Å². The molecule has 12 heteroatoms. The number of methoxy groups -OCH3 is 1. The van der Waals surface area contributed by atoms with Crippen LogP contribution in [0.15, 0.2) is 47.4 Å². The molecule has 0 aliphatic carbocycles. The predicted molar refractivity (Wildman–Crippen MR) is 116 cm³/mol. The average molecular weight is 501 g/mol. The summed E-state index contributed by atoms with van der Waals surface area (Å²) in [5, 5.41) is 0.712. The highest BCUT2D eigenvalue weighted by molar-refractivity contribution is 7.89. The van der Waals surface area contributed by atoms with Gasteiger partial charge in [0.25, 0.3) is 5.91 Å². The third-order valence-electron chi connectivity index (χ3n) is 5.32. The number of carbonyl (C=O) groups is 1. The number of benzene rings is 2. The van der Waals surface area contributed by atoms with Crippen LogP contribution in [0.2, 0.25) is 0 Å². The molecular weight excluding hydrogens is 481 g/mol. The van der Waals surface area contributed by atoms with E-state index in [1.54, 1.807) is 18.2 Å². The van der Waals surface area contributed by atoms with Crippen molar-refractivity contribution in [1.29, 1.82) is 0 Å². The van der Waals surface area contributed by atoms with E-state index in [9.17, 15) is 26.4 Å². The number of alkyl halides is 3. The number of nitrogens with two attached hydrogens (primary N) is 1. The largest absolute Gasteiger partial charge is 0.496 e. The fraction of sp³-hybridized carbons (Fsp3) is 0.286. The Morgan fingerprint density at radius 1 is 1.24 bits per heavy atom. The molecule has 1 amide bonds. The number of halogens is 3. The van der Waals surface area contributed by atoms with Crippen molar-refractivity contribution in [3.8, 4) is 5.75 Å². The number of thiophene rings is 1. The van der Waals surface area contributed by atoms with Gasteiger partial charge in [0.2, 0.25) is 10.0 Å². The standard InChI is InChI=1S/C21H19F3N2O5S2/c1-30-15-7-6-12(10-14(15)21(22,23)24)33(28,29)26-8-9-31-16(11-26)18-13-4-2-3-5-17(13)32-19(18)20(25)27/h2-7,10,16H,8-9,11H2,1H3,(H2,25,27). The summed E-state index contributed by atoms with van der Waals surface area (Å²) in [5.74, 6) is -1.14. The Kier molecular flexibility index (Phi) is 6.12. The molecule has 0 bridgehead atoms. The minimum atomic E-state index is -4.80. The first-order chi connectivity index (χ1) is 15.5. The van der Waals surface area contributed by atoms with E-state index in [0.29, 0.717) is 17.0 Å². The third kappa shape index (κ3) is 4.31. The molecule has 1 unspecified atom stereocenters. The second-order valence-electron chi connectivity index (χ2n) is 7.29. The summed E-state index contributed by atoms with van der Waals surface area (Å²) < 4.78 is 79.1. The molecule has 33 heavy (non-hydrogen) atoms. The van der Waals surface area contributed by atoms with Crippen molar-refractivity contribution in [2.45, 2.75) is 17.2 Å². The van der Waals surface area contributed by atoms with Gasteiger partial charge in [-0.25, -0.2) is 8.42 Å². The smallest absolute Gasteiger partial charge is 0.420 e. The molecule has 1 aromatic heterocycles. The molecule has 1 aliphatic heterocycles. The van der Waals surface area contributed by atoms with E-state index >= 15 is 0 Å². The first kappa shape index (κ1) is 23.5. The summed E-state index contributed by atoms with van der Waals surface area (Å²) in [6.45, 7) is -0.245. The first-order valence-electron chi connectivity index (χ1n) is 9.72. The highest BCUT2D eigenvalue weighted by Crippen LogP contribution is 2.40. The zero-order valence-corrected chi connectivity index (χ0v) is 18.9. The number of nitrogens with zero attached hydrogens (tertiary/aromatic N) is 1. The van der Waals surface area contributed by atoms with E-state index in [1.165, 1.54) is 11.3 Å². The van der Waals surface area contributed by atoms with E-state index in [0.717, 1.165) is 28.2 Å². The molecule has 2 heterocycles. The minimum absolute atomic E-state index is 0.00540. The Balaban J connectivity index is 1.72. The number of rotatable bonds is 5. The van der Waals surface area contributed by atoms with Crippen molar-refractivity contribution in [2.75, 3.05) is 26.8 Å². The van der Waals surface area contributed by atoms with Gasteiger partial charge in [-0.15, -0.1) is 11.3 Å². The second-order valence-corrected chi connectivity index (χ2v) is 10.3. The van der Waals surface area contributed by atoms with E-state index in [1.807, 2.05) is 6.07 Å². The lowest BCUT2D eigenvalue weighted by Crippen LogP contribution is -2.42. The number of ether oxygens (including phenoxy) is 2. The number of amides is 1. The van der Waals surface area contributed by atoms with Crippen LogP contribution in [0.25, 0.3) is 10.1 Å². The monoisotopic (exact) mass is 500 g/mol. The molecule has 0 radical (unpaired) electrons. The van der Waals surface area contributed by atoms with Gasteiger partial charge in [0.15, 0.2) is 0 Å². The van der Waals surface area contributed by atoms with Crippen LogP contribution in [0.5, 0.6) is 5.75 Å². The molecule has 1 aliphatic rings. The summed E-state index contributed by atoms with van der Waals surface area (Å²) in [7, 11) is -3.22. The average Bonchev–Trinajstić information content (AvgIpc) is 3.18. The van der Waals surface area contributed by atoms with Crippen molar-refractivity contribution >= 4 is 37.4 Å². The van der Waals surface area contributed by atoms with Gasteiger partial charge in [-0.1, -0.05) is 18.2 Å². The van der Waals surface area contributed by atoms with Crippen LogP contribution in [0.4, 0.5) is 13.2 Å². The topological polar surface area (TPSA) is 98.9 Å². The van der Waals surface area contributed by atoms with E-state index in [4.69, 9.17) is 15.2 Å². The zero-order valence-electron chi connectivity index (χ0n) is 17.3. The summed E-state index contributed by atoms with van der Waals surface area (Å²) in [6.07, 6.45) is -5.61. The molecule has 1 fully saturated rings. The molecule has 0 spiro atoms. The number of fused-ring (bicyclic) bond motifs is 1. The lowest BCUT2D eigenvalue weighted by atomic mass is 10.0. The molecule has 3 aromatic rings. The molecular formula is C21H19F3N2O5S2. The van der Waals surface area contributed by atoms with Gasteiger partial charge in [-0.2, -0.15) is 17.5 Å². The van der Waals surface area contributed by atoms with Crippen molar-refractivity contribution < 1.29 is 35.9 Å². The summed E-state index contributed by atoms with van der Waals surface area (Å²) in [6, 6.07) is 9.78. The number of sulfonamides is 1. The first-order valence-corrected chi connectivity index (χ1v) is 12.0. The van der Waals surface area contributed by atoms with Crippen molar-refractivity contribution in [2.24, 2.45) is 5.73 Å². The Morgan fingerprint density at radius 3 is 2.64 bits per heavy atom. The normalized spacial score (nSPS) is 17.9. The number of morpholine rings is 1. The lowest BCUT2D eigenvalue weighted by molar-refractivity contribution is -0.138.